The molecule has 1 fully saturated rings. The molecule has 1 unspecified atom stereocenters. The van der Waals surface area contributed by atoms with Gasteiger partial charge in [0.15, 0.2) is 0 Å². The van der Waals surface area contributed by atoms with Gasteiger partial charge in [0.25, 0.3) is 0 Å². The van der Waals surface area contributed by atoms with Crippen LogP contribution in [0.4, 0.5) is 4.39 Å². The lowest BCUT2D eigenvalue weighted by molar-refractivity contribution is 0.0903. The van der Waals surface area contributed by atoms with Gasteiger partial charge in [-0.15, -0.1) is 0 Å². The Morgan fingerprint density at radius 3 is 3.06 bits per heavy atom. The Morgan fingerprint density at radius 2 is 2.38 bits per heavy atom. The zero-order valence-corrected chi connectivity index (χ0v) is 9.51. The molecule has 0 spiro atoms. The van der Waals surface area contributed by atoms with Crippen LogP contribution in [0.1, 0.15) is 5.56 Å². The Kier molecular flexibility index (Phi) is 3.93. The fourth-order valence-electron chi connectivity index (χ4n) is 1.57. The molecule has 2 nitrogen and oxygen atoms in total. The van der Waals surface area contributed by atoms with Crippen LogP contribution in [0.15, 0.2) is 24.3 Å². The van der Waals surface area contributed by atoms with Crippen molar-refractivity contribution >= 4 is 17.7 Å². The highest BCUT2D eigenvalue weighted by molar-refractivity contribution is 6.32. The highest BCUT2D eigenvalue weighted by Gasteiger charge is 2.09. The Bertz CT molecular complexity index is 389. The van der Waals surface area contributed by atoms with E-state index < -0.39 is 0 Å². The fourth-order valence-corrected chi connectivity index (χ4v) is 1.80. The molecule has 0 radical (unpaired) electrons. The topological polar surface area (TPSA) is 21.3 Å². The van der Waals surface area contributed by atoms with E-state index in [1.807, 2.05) is 12.2 Å². The summed E-state index contributed by atoms with van der Waals surface area (Å²) >= 11 is 5.90. The quantitative estimate of drug-likeness (QED) is 0.859. The van der Waals surface area contributed by atoms with E-state index >= 15 is 0 Å². The molecule has 16 heavy (non-hydrogen) atoms. The second-order valence-corrected chi connectivity index (χ2v) is 4.07. The van der Waals surface area contributed by atoms with E-state index in [4.69, 9.17) is 16.3 Å². The normalized spacial score (nSPS) is 21.5. The maximum atomic E-state index is 12.8. The third-order valence-corrected chi connectivity index (χ3v) is 2.75. The van der Waals surface area contributed by atoms with E-state index in [1.54, 1.807) is 6.07 Å². The molecule has 1 aromatic rings. The summed E-state index contributed by atoms with van der Waals surface area (Å²) in [4.78, 5) is 0. The summed E-state index contributed by atoms with van der Waals surface area (Å²) in [6, 6.07) is 4.58. The van der Waals surface area contributed by atoms with E-state index in [9.17, 15) is 4.39 Å². The molecular formula is C12H13ClFNO. The molecule has 2 rings (SSSR count). The first-order valence-electron chi connectivity index (χ1n) is 5.20. The van der Waals surface area contributed by atoms with Crippen LogP contribution in [0.2, 0.25) is 5.02 Å². The molecule has 0 bridgehead atoms. The first-order chi connectivity index (χ1) is 7.75. The Balaban J connectivity index is 2.04. The molecule has 1 heterocycles. The number of morpholine rings is 1. The van der Waals surface area contributed by atoms with Gasteiger partial charge in [-0.3, -0.25) is 0 Å². The van der Waals surface area contributed by atoms with Crippen molar-refractivity contribution in [3.05, 3.63) is 40.7 Å². The molecule has 0 aliphatic carbocycles. The summed E-state index contributed by atoms with van der Waals surface area (Å²) in [6.45, 7) is 2.27. The first kappa shape index (κ1) is 11.6. The lowest BCUT2D eigenvalue weighted by atomic mass is 10.1. The van der Waals surface area contributed by atoms with Crippen LogP contribution in [0.3, 0.4) is 0 Å². The molecule has 1 N–H and O–H groups in total. The predicted molar refractivity (Wildman–Crippen MR) is 63.1 cm³/mol. The van der Waals surface area contributed by atoms with Gasteiger partial charge in [0.05, 0.1) is 18.2 Å². The van der Waals surface area contributed by atoms with E-state index in [-0.39, 0.29) is 11.9 Å². The Morgan fingerprint density at radius 1 is 1.50 bits per heavy atom. The van der Waals surface area contributed by atoms with Crippen LogP contribution in [-0.2, 0) is 4.74 Å². The molecule has 4 heteroatoms. The molecule has 0 saturated carbocycles. The van der Waals surface area contributed by atoms with Crippen LogP contribution >= 0.6 is 11.6 Å². The van der Waals surface area contributed by atoms with Gasteiger partial charge in [-0.25, -0.2) is 4.39 Å². The van der Waals surface area contributed by atoms with Crippen LogP contribution in [0.5, 0.6) is 0 Å². The third kappa shape index (κ3) is 3.04. The molecule has 1 aliphatic heterocycles. The van der Waals surface area contributed by atoms with Crippen LogP contribution in [0.25, 0.3) is 6.08 Å². The number of hydrogen-bond acceptors (Lipinski definition) is 2. The van der Waals surface area contributed by atoms with Crippen molar-refractivity contribution in [3.63, 3.8) is 0 Å². The minimum absolute atomic E-state index is 0.204. The fraction of sp³-hybridized carbons (Fsp3) is 0.333. The molecule has 86 valence electrons. The maximum absolute atomic E-state index is 12.8. The van der Waals surface area contributed by atoms with Gasteiger partial charge in [-0.05, 0) is 17.7 Å². The van der Waals surface area contributed by atoms with Crippen molar-refractivity contribution in [1.29, 1.82) is 0 Å². The second kappa shape index (κ2) is 5.43. The zero-order chi connectivity index (χ0) is 11.4. The number of benzene rings is 1. The van der Waals surface area contributed by atoms with Gasteiger partial charge < -0.3 is 10.1 Å². The van der Waals surface area contributed by atoms with Crippen LogP contribution in [-0.4, -0.2) is 25.8 Å². The molecular weight excluding hydrogens is 229 g/mol. The lowest BCUT2D eigenvalue weighted by Crippen LogP contribution is -2.39. The summed E-state index contributed by atoms with van der Waals surface area (Å²) in [6.07, 6.45) is 3.87. The van der Waals surface area contributed by atoms with Crippen molar-refractivity contribution < 1.29 is 9.13 Å². The minimum Gasteiger partial charge on any atom is -0.378 e. The van der Waals surface area contributed by atoms with Gasteiger partial charge in [-0.1, -0.05) is 29.8 Å². The zero-order valence-electron chi connectivity index (χ0n) is 8.75. The van der Waals surface area contributed by atoms with Gasteiger partial charge in [0.1, 0.15) is 5.82 Å². The molecule has 1 atom stereocenters. The van der Waals surface area contributed by atoms with Gasteiger partial charge in [0.2, 0.25) is 0 Å². The van der Waals surface area contributed by atoms with Gasteiger partial charge in [-0.2, -0.15) is 0 Å². The van der Waals surface area contributed by atoms with Crippen molar-refractivity contribution in [2.45, 2.75) is 6.04 Å². The van der Waals surface area contributed by atoms with E-state index in [0.29, 0.717) is 11.6 Å². The van der Waals surface area contributed by atoms with Crippen molar-refractivity contribution in [3.8, 4) is 0 Å². The number of halogens is 2. The average molecular weight is 242 g/mol. The monoisotopic (exact) mass is 241 g/mol. The summed E-state index contributed by atoms with van der Waals surface area (Å²) in [5.41, 5.74) is 0.815. The molecule has 0 amide bonds. The summed E-state index contributed by atoms with van der Waals surface area (Å²) in [5, 5.41) is 3.72. The number of nitrogens with one attached hydrogen (secondary N) is 1. The standard InChI is InChI=1S/C12H13ClFNO/c13-12-7-10(14)3-1-9(12)2-4-11-8-16-6-5-15-11/h1-4,7,11,15H,5-6,8H2/b4-2+. The predicted octanol–water partition coefficient (Wildman–Crippen LogP) is 2.48. The molecule has 0 aromatic heterocycles. The number of hydrogen-bond donors (Lipinski definition) is 1. The molecule has 1 aliphatic rings. The van der Waals surface area contributed by atoms with E-state index in [2.05, 4.69) is 5.32 Å². The van der Waals surface area contributed by atoms with E-state index in [0.717, 1.165) is 18.7 Å². The van der Waals surface area contributed by atoms with Crippen LogP contribution < -0.4 is 5.32 Å². The smallest absolute Gasteiger partial charge is 0.124 e. The summed E-state index contributed by atoms with van der Waals surface area (Å²) in [7, 11) is 0. The van der Waals surface area contributed by atoms with Gasteiger partial charge in [0, 0.05) is 12.6 Å². The first-order valence-corrected chi connectivity index (χ1v) is 5.58. The highest BCUT2D eigenvalue weighted by Crippen LogP contribution is 2.18. The number of ether oxygens (including phenoxy) is 1. The van der Waals surface area contributed by atoms with Crippen molar-refractivity contribution in [2.75, 3.05) is 19.8 Å². The second-order valence-electron chi connectivity index (χ2n) is 3.66. The largest absolute Gasteiger partial charge is 0.378 e. The molecule has 1 aromatic carbocycles. The Hall–Kier alpha value is -0.900. The van der Waals surface area contributed by atoms with Gasteiger partial charge >= 0.3 is 0 Å². The highest BCUT2D eigenvalue weighted by atomic mass is 35.5. The van der Waals surface area contributed by atoms with E-state index in [1.165, 1.54) is 12.1 Å². The van der Waals surface area contributed by atoms with Crippen LogP contribution in [0, 0.1) is 5.82 Å². The third-order valence-electron chi connectivity index (χ3n) is 2.42. The molecule has 1 saturated heterocycles. The average Bonchev–Trinajstić information content (AvgIpc) is 2.29. The van der Waals surface area contributed by atoms with Crippen molar-refractivity contribution in [2.24, 2.45) is 0 Å². The summed E-state index contributed by atoms with van der Waals surface area (Å²) < 4.78 is 18.1. The number of rotatable bonds is 2. The Labute approximate surface area is 99.1 Å². The van der Waals surface area contributed by atoms with Crippen molar-refractivity contribution in [1.82, 2.24) is 5.32 Å². The minimum atomic E-state index is -0.318. The maximum Gasteiger partial charge on any atom is 0.124 e. The SMILES string of the molecule is Fc1ccc(/C=C/C2COCCN2)c(Cl)c1. The summed E-state index contributed by atoms with van der Waals surface area (Å²) in [5.74, 6) is -0.318. The lowest BCUT2D eigenvalue weighted by Gasteiger charge is -2.20.